The number of carbonyl (C=O) groups is 1. The number of aromatic nitrogens is 2. The average Bonchev–Trinajstić information content (AvgIpc) is 2.85. The van der Waals surface area contributed by atoms with Crippen LogP contribution in [0.3, 0.4) is 0 Å². The molecule has 1 aliphatic heterocycles. The van der Waals surface area contributed by atoms with Crippen LogP contribution in [-0.4, -0.2) is 58.2 Å². The highest BCUT2D eigenvalue weighted by molar-refractivity contribution is 9.10. The third-order valence-corrected chi connectivity index (χ3v) is 3.96. The molecule has 1 aromatic heterocycles. The van der Waals surface area contributed by atoms with Crippen LogP contribution in [0.1, 0.15) is 26.3 Å². The molecule has 0 saturated carbocycles. The standard InChI is InChI=1S/C13H21BrN4O/c1-3-4-16-5-7-17(8-6-16)13(19)11(2)18-10-12(14)9-15-18/h9-11H,3-8H2,1-2H3/t11-/m0/s1. The lowest BCUT2D eigenvalue weighted by Crippen LogP contribution is -2.50. The van der Waals surface area contributed by atoms with Crippen molar-refractivity contribution in [2.24, 2.45) is 0 Å². The molecule has 2 rings (SSSR count). The molecular weight excluding hydrogens is 308 g/mol. The van der Waals surface area contributed by atoms with E-state index in [9.17, 15) is 4.79 Å². The minimum atomic E-state index is -0.232. The van der Waals surface area contributed by atoms with Gasteiger partial charge in [0.1, 0.15) is 6.04 Å². The van der Waals surface area contributed by atoms with Crippen molar-refractivity contribution in [2.75, 3.05) is 32.7 Å². The van der Waals surface area contributed by atoms with Crippen molar-refractivity contribution in [3.05, 3.63) is 16.9 Å². The van der Waals surface area contributed by atoms with Crippen LogP contribution in [0.15, 0.2) is 16.9 Å². The summed E-state index contributed by atoms with van der Waals surface area (Å²) < 4.78 is 2.62. The van der Waals surface area contributed by atoms with E-state index in [4.69, 9.17) is 0 Å². The number of rotatable bonds is 4. The lowest BCUT2D eigenvalue weighted by Gasteiger charge is -2.35. The second-order valence-corrected chi connectivity index (χ2v) is 5.90. The Bertz CT molecular complexity index is 426. The number of hydrogen-bond acceptors (Lipinski definition) is 3. The molecule has 1 aromatic rings. The topological polar surface area (TPSA) is 41.4 Å². The van der Waals surface area contributed by atoms with Crippen LogP contribution in [0, 0.1) is 0 Å². The number of nitrogens with zero attached hydrogens (tertiary/aromatic N) is 4. The molecule has 1 fully saturated rings. The first-order valence-corrected chi connectivity index (χ1v) is 7.62. The van der Waals surface area contributed by atoms with Crippen LogP contribution in [-0.2, 0) is 4.79 Å². The normalized spacial score (nSPS) is 18.6. The Kier molecular flexibility index (Phi) is 4.99. The minimum Gasteiger partial charge on any atom is -0.338 e. The molecule has 0 spiro atoms. The van der Waals surface area contributed by atoms with Gasteiger partial charge in [-0.15, -0.1) is 0 Å². The Labute approximate surface area is 122 Å². The van der Waals surface area contributed by atoms with Crippen LogP contribution in [0.25, 0.3) is 0 Å². The predicted molar refractivity (Wildman–Crippen MR) is 77.9 cm³/mol. The zero-order chi connectivity index (χ0) is 13.8. The predicted octanol–water partition coefficient (Wildman–Crippen LogP) is 1.76. The molecule has 0 unspecified atom stereocenters. The SMILES string of the molecule is CCCN1CCN(C(=O)[C@H](C)n2cc(Br)cn2)CC1. The van der Waals surface area contributed by atoms with Gasteiger partial charge >= 0.3 is 0 Å². The van der Waals surface area contributed by atoms with E-state index in [1.165, 1.54) is 6.42 Å². The highest BCUT2D eigenvalue weighted by Gasteiger charge is 2.25. The molecule has 5 nitrogen and oxygen atoms in total. The minimum absolute atomic E-state index is 0.159. The zero-order valence-electron chi connectivity index (χ0n) is 11.5. The molecule has 2 heterocycles. The van der Waals surface area contributed by atoms with E-state index in [1.54, 1.807) is 10.9 Å². The maximum atomic E-state index is 12.4. The molecule has 0 radical (unpaired) electrons. The molecule has 1 amide bonds. The smallest absolute Gasteiger partial charge is 0.247 e. The largest absolute Gasteiger partial charge is 0.338 e. The number of piperazine rings is 1. The van der Waals surface area contributed by atoms with Crippen LogP contribution in [0.4, 0.5) is 0 Å². The molecule has 0 aromatic carbocycles. The molecule has 0 N–H and O–H groups in total. The van der Waals surface area contributed by atoms with Crippen molar-refractivity contribution < 1.29 is 4.79 Å². The summed E-state index contributed by atoms with van der Waals surface area (Å²) in [5.74, 6) is 0.159. The van der Waals surface area contributed by atoms with Crippen molar-refractivity contribution in [1.29, 1.82) is 0 Å². The molecule has 1 saturated heterocycles. The number of halogens is 1. The third kappa shape index (κ3) is 3.57. The fourth-order valence-corrected chi connectivity index (χ4v) is 2.71. The van der Waals surface area contributed by atoms with Gasteiger partial charge in [0.15, 0.2) is 0 Å². The van der Waals surface area contributed by atoms with Gasteiger partial charge in [-0.05, 0) is 35.8 Å². The highest BCUT2D eigenvalue weighted by atomic mass is 79.9. The number of hydrogen-bond donors (Lipinski definition) is 0. The van der Waals surface area contributed by atoms with Crippen LogP contribution < -0.4 is 0 Å². The summed E-state index contributed by atoms with van der Waals surface area (Å²) in [6.45, 7) is 8.83. The van der Waals surface area contributed by atoms with Gasteiger partial charge in [-0.3, -0.25) is 14.4 Å². The maximum absolute atomic E-state index is 12.4. The first-order valence-electron chi connectivity index (χ1n) is 6.82. The summed E-state index contributed by atoms with van der Waals surface area (Å²) in [5.41, 5.74) is 0. The Morgan fingerprint density at radius 2 is 2.11 bits per heavy atom. The lowest BCUT2D eigenvalue weighted by atomic mass is 10.2. The van der Waals surface area contributed by atoms with Crippen LogP contribution in [0.5, 0.6) is 0 Å². The van der Waals surface area contributed by atoms with Gasteiger partial charge in [-0.25, -0.2) is 0 Å². The van der Waals surface area contributed by atoms with E-state index in [-0.39, 0.29) is 11.9 Å². The second kappa shape index (κ2) is 6.52. The first kappa shape index (κ1) is 14.5. The monoisotopic (exact) mass is 328 g/mol. The molecular formula is C13H21BrN4O. The van der Waals surface area contributed by atoms with Crippen molar-refractivity contribution >= 4 is 21.8 Å². The molecule has 6 heteroatoms. The van der Waals surface area contributed by atoms with Gasteiger partial charge in [0, 0.05) is 32.4 Å². The Morgan fingerprint density at radius 3 is 2.63 bits per heavy atom. The summed E-state index contributed by atoms with van der Waals surface area (Å²) in [6.07, 6.45) is 4.73. The number of carbonyl (C=O) groups excluding carboxylic acids is 1. The molecule has 1 aliphatic rings. The molecule has 1 atom stereocenters. The third-order valence-electron chi connectivity index (χ3n) is 3.55. The summed E-state index contributed by atoms with van der Waals surface area (Å²) in [4.78, 5) is 16.8. The van der Waals surface area contributed by atoms with E-state index in [0.29, 0.717) is 0 Å². The molecule has 0 aliphatic carbocycles. The van der Waals surface area contributed by atoms with Crippen molar-refractivity contribution in [3.63, 3.8) is 0 Å². The average molecular weight is 329 g/mol. The van der Waals surface area contributed by atoms with E-state index in [2.05, 4.69) is 32.9 Å². The van der Waals surface area contributed by atoms with Crippen LogP contribution >= 0.6 is 15.9 Å². The number of amides is 1. The molecule has 19 heavy (non-hydrogen) atoms. The van der Waals surface area contributed by atoms with Crippen LogP contribution in [0.2, 0.25) is 0 Å². The molecule has 0 bridgehead atoms. The summed E-state index contributed by atoms with van der Waals surface area (Å²) in [7, 11) is 0. The van der Waals surface area contributed by atoms with Crippen molar-refractivity contribution in [2.45, 2.75) is 26.3 Å². The van der Waals surface area contributed by atoms with Gasteiger partial charge in [0.2, 0.25) is 5.91 Å². The van der Waals surface area contributed by atoms with Crippen molar-refractivity contribution in [3.8, 4) is 0 Å². The Balaban J connectivity index is 1.90. The fourth-order valence-electron chi connectivity index (χ4n) is 2.41. The van der Waals surface area contributed by atoms with Gasteiger partial charge in [0.25, 0.3) is 0 Å². The Morgan fingerprint density at radius 1 is 1.42 bits per heavy atom. The van der Waals surface area contributed by atoms with E-state index < -0.39 is 0 Å². The van der Waals surface area contributed by atoms with E-state index in [1.807, 2.05) is 18.0 Å². The van der Waals surface area contributed by atoms with Gasteiger partial charge in [0.05, 0.1) is 10.7 Å². The summed E-state index contributed by atoms with van der Waals surface area (Å²) in [5, 5.41) is 4.19. The van der Waals surface area contributed by atoms with Gasteiger partial charge in [-0.2, -0.15) is 5.10 Å². The fraction of sp³-hybridized carbons (Fsp3) is 0.692. The lowest BCUT2D eigenvalue weighted by molar-refractivity contribution is -0.136. The van der Waals surface area contributed by atoms with Gasteiger partial charge in [-0.1, -0.05) is 6.92 Å². The zero-order valence-corrected chi connectivity index (χ0v) is 13.1. The Hall–Kier alpha value is -0.880. The quantitative estimate of drug-likeness (QED) is 0.845. The summed E-state index contributed by atoms with van der Waals surface area (Å²) >= 11 is 3.36. The van der Waals surface area contributed by atoms with Crippen molar-refractivity contribution in [1.82, 2.24) is 19.6 Å². The van der Waals surface area contributed by atoms with Gasteiger partial charge < -0.3 is 4.90 Å². The second-order valence-electron chi connectivity index (χ2n) is 4.98. The van der Waals surface area contributed by atoms with E-state index >= 15 is 0 Å². The molecule has 106 valence electrons. The first-order chi connectivity index (χ1) is 9.11. The maximum Gasteiger partial charge on any atom is 0.247 e. The van der Waals surface area contributed by atoms with E-state index in [0.717, 1.165) is 37.2 Å². The highest BCUT2D eigenvalue weighted by Crippen LogP contribution is 2.15. The summed E-state index contributed by atoms with van der Waals surface area (Å²) in [6, 6.07) is -0.232.